The van der Waals surface area contributed by atoms with Crippen molar-refractivity contribution in [2.45, 2.75) is 19.2 Å². The quantitative estimate of drug-likeness (QED) is 0.605. The second-order valence-electron chi connectivity index (χ2n) is 6.37. The van der Waals surface area contributed by atoms with Gasteiger partial charge in [0.2, 0.25) is 5.75 Å². The summed E-state index contributed by atoms with van der Waals surface area (Å²) in [5, 5.41) is 3.30. The Kier molecular flexibility index (Phi) is 10.1. The van der Waals surface area contributed by atoms with Gasteiger partial charge < -0.3 is 24.4 Å². The zero-order chi connectivity index (χ0) is 20.7. The molecular weight excluding hydrogens is 409 g/mol. The van der Waals surface area contributed by atoms with Crippen molar-refractivity contribution >= 4 is 12.4 Å². The minimum Gasteiger partial charge on any atom is -0.493 e. The lowest BCUT2D eigenvalue weighted by atomic mass is 10.1. The molecule has 1 N–H and O–H groups in total. The summed E-state index contributed by atoms with van der Waals surface area (Å²) in [5.41, 5.74) is 1.63. The molecule has 0 spiro atoms. The molecule has 0 radical (unpaired) electrons. The summed E-state index contributed by atoms with van der Waals surface area (Å²) in [6.07, 6.45) is 0. The molecule has 2 aromatic carbocycles. The van der Waals surface area contributed by atoms with Crippen LogP contribution in [-0.4, -0.2) is 46.4 Å². The van der Waals surface area contributed by atoms with E-state index < -0.39 is 6.61 Å². The van der Waals surface area contributed by atoms with Crippen LogP contribution >= 0.6 is 12.4 Å². The Morgan fingerprint density at radius 3 is 2.14 bits per heavy atom. The van der Waals surface area contributed by atoms with Gasteiger partial charge in [0, 0.05) is 19.1 Å². The van der Waals surface area contributed by atoms with Crippen LogP contribution in [0.2, 0.25) is 0 Å². The fraction of sp³-hybridized carbons (Fsp3) is 0.400. The maximum absolute atomic E-state index is 13.5. The highest BCUT2D eigenvalue weighted by molar-refractivity contribution is 5.85. The van der Waals surface area contributed by atoms with E-state index in [0.717, 1.165) is 11.1 Å². The summed E-state index contributed by atoms with van der Waals surface area (Å²) >= 11 is 0. The molecule has 0 fully saturated rings. The predicted octanol–water partition coefficient (Wildman–Crippen LogP) is 4.26. The largest absolute Gasteiger partial charge is 0.493 e. The smallest absolute Gasteiger partial charge is 0.387 e. The number of likely N-dealkylation sites (N-methyl/N-ethyl adjacent to an activating group) is 1. The Hall–Kier alpha value is -2.16. The van der Waals surface area contributed by atoms with Crippen molar-refractivity contribution < 1.29 is 27.4 Å². The Balaban J connectivity index is 0.00000420. The van der Waals surface area contributed by atoms with Gasteiger partial charge in [-0.05, 0) is 49.5 Å². The van der Waals surface area contributed by atoms with E-state index in [4.69, 9.17) is 9.47 Å². The number of halogens is 4. The standard InChI is InChI=1S/C20H25F3N2O3.ClH/c1-25(2)16(14-6-5-7-15(21)10-14)12-24-11-13-8-17(26-3)19(28-20(22)23)18(9-13)27-4;/h5-10,16,20,24H,11-12H2,1-4H3;1H. The molecule has 9 heteroatoms. The number of nitrogens with zero attached hydrogens (tertiary/aromatic N) is 1. The lowest BCUT2D eigenvalue weighted by molar-refractivity contribution is -0.0526. The van der Waals surface area contributed by atoms with E-state index in [1.807, 2.05) is 25.1 Å². The average Bonchev–Trinajstić information content (AvgIpc) is 2.65. The molecule has 0 bridgehead atoms. The molecule has 162 valence electrons. The van der Waals surface area contributed by atoms with Gasteiger partial charge in [0.25, 0.3) is 0 Å². The number of hydrogen-bond donors (Lipinski definition) is 1. The van der Waals surface area contributed by atoms with Crippen LogP contribution in [0.25, 0.3) is 0 Å². The van der Waals surface area contributed by atoms with Crippen LogP contribution in [-0.2, 0) is 6.54 Å². The first-order valence-corrected chi connectivity index (χ1v) is 8.68. The number of benzene rings is 2. The fourth-order valence-electron chi connectivity index (χ4n) is 2.91. The Bertz CT molecular complexity index is 753. The highest BCUT2D eigenvalue weighted by atomic mass is 35.5. The zero-order valence-electron chi connectivity index (χ0n) is 16.7. The van der Waals surface area contributed by atoms with Gasteiger partial charge in [0.05, 0.1) is 14.2 Å². The van der Waals surface area contributed by atoms with Crippen LogP contribution in [0.3, 0.4) is 0 Å². The summed E-state index contributed by atoms with van der Waals surface area (Å²) in [6, 6.07) is 9.65. The van der Waals surface area contributed by atoms with E-state index in [9.17, 15) is 13.2 Å². The normalized spacial score (nSPS) is 11.9. The third-order valence-corrected chi connectivity index (χ3v) is 4.25. The first kappa shape index (κ1) is 24.9. The molecule has 0 saturated carbocycles. The van der Waals surface area contributed by atoms with Gasteiger partial charge in [0.15, 0.2) is 11.5 Å². The molecule has 0 amide bonds. The summed E-state index contributed by atoms with van der Waals surface area (Å²) in [7, 11) is 6.58. The van der Waals surface area contributed by atoms with E-state index >= 15 is 0 Å². The number of alkyl halides is 2. The molecule has 2 aromatic rings. The van der Waals surface area contributed by atoms with E-state index in [0.29, 0.717) is 13.1 Å². The van der Waals surface area contributed by atoms with Gasteiger partial charge in [-0.3, -0.25) is 0 Å². The van der Waals surface area contributed by atoms with Gasteiger partial charge in [-0.25, -0.2) is 4.39 Å². The molecule has 5 nitrogen and oxygen atoms in total. The summed E-state index contributed by atoms with van der Waals surface area (Å²) < 4.78 is 53.6. The van der Waals surface area contributed by atoms with Gasteiger partial charge in [0.1, 0.15) is 5.82 Å². The molecule has 1 unspecified atom stereocenters. The maximum atomic E-state index is 13.5. The van der Waals surface area contributed by atoms with Gasteiger partial charge >= 0.3 is 6.61 Å². The maximum Gasteiger partial charge on any atom is 0.387 e. The third kappa shape index (κ3) is 6.99. The number of methoxy groups -OCH3 is 2. The van der Waals surface area contributed by atoms with Crippen LogP contribution in [0.4, 0.5) is 13.2 Å². The Morgan fingerprint density at radius 1 is 1.03 bits per heavy atom. The van der Waals surface area contributed by atoms with Crippen LogP contribution in [0, 0.1) is 5.82 Å². The molecule has 1 atom stereocenters. The molecule has 0 saturated heterocycles. The highest BCUT2D eigenvalue weighted by Crippen LogP contribution is 2.39. The minimum atomic E-state index is -2.99. The van der Waals surface area contributed by atoms with Crippen molar-refractivity contribution in [2.75, 3.05) is 34.9 Å². The molecule has 0 aliphatic heterocycles. The van der Waals surface area contributed by atoms with Crippen LogP contribution in [0.15, 0.2) is 36.4 Å². The van der Waals surface area contributed by atoms with Gasteiger partial charge in [-0.15, -0.1) is 12.4 Å². The van der Waals surface area contributed by atoms with Crippen LogP contribution < -0.4 is 19.5 Å². The number of ether oxygens (including phenoxy) is 3. The monoisotopic (exact) mass is 434 g/mol. The molecule has 29 heavy (non-hydrogen) atoms. The predicted molar refractivity (Wildman–Crippen MR) is 108 cm³/mol. The van der Waals surface area contributed by atoms with E-state index in [1.165, 1.54) is 26.4 Å². The second-order valence-corrected chi connectivity index (χ2v) is 6.37. The van der Waals surface area contributed by atoms with Crippen LogP contribution in [0.1, 0.15) is 17.2 Å². The SMILES string of the molecule is COc1cc(CNCC(c2cccc(F)c2)N(C)C)cc(OC)c1OC(F)F.Cl. The number of rotatable bonds is 10. The topological polar surface area (TPSA) is 43.0 Å². The Labute approximate surface area is 175 Å². The lowest BCUT2D eigenvalue weighted by Crippen LogP contribution is -2.30. The van der Waals surface area contributed by atoms with Crippen molar-refractivity contribution in [1.82, 2.24) is 10.2 Å². The van der Waals surface area contributed by atoms with E-state index in [-0.39, 0.29) is 41.5 Å². The molecule has 0 heterocycles. The third-order valence-electron chi connectivity index (χ3n) is 4.25. The first-order valence-electron chi connectivity index (χ1n) is 8.68. The first-order chi connectivity index (χ1) is 13.3. The molecule has 0 aliphatic carbocycles. The zero-order valence-corrected chi connectivity index (χ0v) is 17.6. The lowest BCUT2D eigenvalue weighted by Gasteiger charge is -2.25. The molecule has 0 aliphatic rings. The van der Waals surface area contributed by atoms with Crippen molar-refractivity contribution in [3.8, 4) is 17.2 Å². The van der Waals surface area contributed by atoms with Crippen molar-refractivity contribution in [2.24, 2.45) is 0 Å². The highest BCUT2D eigenvalue weighted by Gasteiger charge is 2.19. The van der Waals surface area contributed by atoms with Gasteiger partial charge in [-0.1, -0.05) is 12.1 Å². The summed E-state index contributed by atoms with van der Waals surface area (Å²) in [4.78, 5) is 1.99. The molecule has 2 rings (SSSR count). The van der Waals surface area contributed by atoms with E-state index in [2.05, 4.69) is 10.1 Å². The number of nitrogens with one attached hydrogen (secondary N) is 1. The fourth-order valence-corrected chi connectivity index (χ4v) is 2.91. The van der Waals surface area contributed by atoms with Crippen molar-refractivity contribution in [3.63, 3.8) is 0 Å². The number of hydrogen-bond acceptors (Lipinski definition) is 5. The van der Waals surface area contributed by atoms with E-state index in [1.54, 1.807) is 18.2 Å². The average molecular weight is 435 g/mol. The molecular formula is C20H26ClF3N2O3. The summed E-state index contributed by atoms with van der Waals surface area (Å²) in [6.45, 7) is -2.00. The van der Waals surface area contributed by atoms with Crippen LogP contribution in [0.5, 0.6) is 17.2 Å². The van der Waals surface area contributed by atoms with Crippen molar-refractivity contribution in [3.05, 3.63) is 53.3 Å². The minimum absolute atomic E-state index is 0. The Morgan fingerprint density at radius 2 is 1.66 bits per heavy atom. The second kappa shape index (κ2) is 11.7. The molecule has 0 aromatic heterocycles. The van der Waals surface area contributed by atoms with Crippen molar-refractivity contribution in [1.29, 1.82) is 0 Å². The van der Waals surface area contributed by atoms with Gasteiger partial charge in [-0.2, -0.15) is 8.78 Å². The summed E-state index contributed by atoms with van der Waals surface area (Å²) in [5.74, 6) is -0.111.